The van der Waals surface area contributed by atoms with Gasteiger partial charge in [-0.25, -0.2) is 4.79 Å². The van der Waals surface area contributed by atoms with E-state index < -0.39 is 11.4 Å². The van der Waals surface area contributed by atoms with Crippen LogP contribution >= 0.6 is 0 Å². The molecule has 1 aromatic heterocycles. The molecule has 0 fully saturated rings. The van der Waals surface area contributed by atoms with Crippen LogP contribution in [0.4, 0.5) is 4.39 Å². The molecule has 66 valence electrons. The average molecular weight is 180 g/mol. The van der Waals surface area contributed by atoms with Crippen LogP contribution in [0.3, 0.4) is 0 Å². The summed E-state index contributed by atoms with van der Waals surface area (Å²) in [6.07, 6.45) is 0. The van der Waals surface area contributed by atoms with Gasteiger partial charge in [-0.2, -0.15) is 4.39 Å². The maximum atomic E-state index is 12.7. The number of fused-ring (bicyclic) bond motifs is 1. The molecule has 0 radical (unpaired) electrons. The van der Waals surface area contributed by atoms with E-state index in [0.29, 0.717) is 5.39 Å². The van der Waals surface area contributed by atoms with Gasteiger partial charge in [0.25, 0.3) is 0 Å². The molecule has 0 unspecified atom stereocenters. The third kappa shape index (κ3) is 1.16. The zero-order valence-electron chi connectivity index (χ0n) is 6.45. The van der Waals surface area contributed by atoms with E-state index in [2.05, 4.69) is 4.42 Å². The molecule has 2 rings (SSSR count). The molecule has 1 heterocycles. The van der Waals surface area contributed by atoms with Crippen molar-refractivity contribution in [1.29, 1.82) is 0 Å². The molecule has 1 N–H and O–H groups in total. The van der Waals surface area contributed by atoms with E-state index in [1.54, 1.807) is 6.07 Å². The van der Waals surface area contributed by atoms with Crippen molar-refractivity contribution in [3.63, 3.8) is 0 Å². The Labute approximate surface area is 72.0 Å². The average Bonchev–Trinajstić information content (AvgIpc) is 2.09. The summed E-state index contributed by atoms with van der Waals surface area (Å²) in [4.78, 5) is 10.7. The third-order valence-electron chi connectivity index (χ3n) is 1.70. The van der Waals surface area contributed by atoms with Crippen LogP contribution in [0.25, 0.3) is 11.0 Å². The van der Waals surface area contributed by atoms with Gasteiger partial charge in [-0.1, -0.05) is 12.1 Å². The molecule has 0 bridgehead atoms. The van der Waals surface area contributed by atoms with Crippen LogP contribution in [0, 0.1) is 5.82 Å². The Morgan fingerprint density at radius 2 is 2.15 bits per heavy atom. The molecule has 2 aromatic rings. The van der Waals surface area contributed by atoms with Crippen molar-refractivity contribution in [2.45, 2.75) is 0 Å². The molecule has 0 atom stereocenters. The van der Waals surface area contributed by atoms with Gasteiger partial charge in [0.1, 0.15) is 0 Å². The standard InChI is InChI=1S/C9H5FO3/c10-6-4-5-2-1-3-7(11)8(5)13-9(6)12/h1-4,11H. The fraction of sp³-hybridized carbons (Fsp3) is 0. The van der Waals surface area contributed by atoms with Crippen LogP contribution < -0.4 is 5.63 Å². The first-order chi connectivity index (χ1) is 6.18. The molecule has 0 saturated heterocycles. The second-order valence-electron chi connectivity index (χ2n) is 2.58. The lowest BCUT2D eigenvalue weighted by Gasteiger charge is -1.97. The summed E-state index contributed by atoms with van der Waals surface area (Å²) in [7, 11) is 0. The highest BCUT2D eigenvalue weighted by Crippen LogP contribution is 2.22. The van der Waals surface area contributed by atoms with E-state index >= 15 is 0 Å². The maximum absolute atomic E-state index is 12.7. The molecular formula is C9H5FO3. The van der Waals surface area contributed by atoms with E-state index in [-0.39, 0.29) is 11.3 Å². The number of phenols is 1. The Bertz CT molecular complexity index is 516. The van der Waals surface area contributed by atoms with Gasteiger partial charge in [0, 0.05) is 5.39 Å². The minimum Gasteiger partial charge on any atom is -0.504 e. The second kappa shape index (κ2) is 2.58. The van der Waals surface area contributed by atoms with Gasteiger partial charge in [-0.15, -0.1) is 0 Å². The van der Waals surface area contributed by atoms with E-state index in [9.17, 15) is 14.3 Å². The normalized spacial score (nSPS) is 10.5. The molecule has 1 aromatic carbocycles. The summed E-state index contributed by atoms with van der Waals surface area (Å²) >= 11 is 0. The zero-order valence-corrected chi connectivity index (χ0v) is 6.45. The summed E-state index contributed by atoms with van der Waals surface area (Å²) in [5, 5.41) is 9.59. The van der Waals surface area contributed by atoms with Crippen LogP contribution in [-0.2, 0) is 0 Å². The SMILES string of the molecule is O=c1oc2c(O)cccc2cc1F. The number of benzene rings is 1. The first-order valence-corrected chi connectivity index (χ1v) is 3.60. The fourth-order valence-corrected chi connectivity index (χ4v) is 1.10. The second-order valence-corrected chi connectivity index (χ2v) is 2.58. The van der Waals surface area contributed by atoms with Crippen molar-refractivity contribution >= 4 is 11.0 Å². The topological polar surface area (TPSA) is 50.4 Å². The van der Waals surface area contributed by atoms with E-state index in [0.717, 1.165) is 6.07 Å². The van der Waals surface area contributed by atoms with Crippen LogP contribution in [0.5, 0.6) is 5.75 Å². The van der Waals surface area contributed by atoms with Gasteiger partial charge in [-0.05, 0) is 12.1 Å². The minimum atomic E-state index is -1.08. The lowest BCUT2D eigenvalue weighted by Crippen LogP contribution is -2.02. The van der Waals surface area contributed by atoms with Crippen molar-refractivity contribution in [2.24, 2.45) is 0 Å². The van der Waals surface area contributed by atoms with E-state index in [1.165, 1.54) is 12.1 Å². The molecule has 0 aliphatic heterocycles. The summed E-state index contributed by atoms with van der Waals surface area (Å²) in [5.74, 6) is -1.13. The fourth-order valence-electron chi connectivity index (χ4n) is 1.10. The summed E-state index contributed by atoms with van der Waals surface area (Å²) < 4.78 is 17.2. The highest BCUT2D eigenvalue weighted by atomic mass is 19.1. The lowest BCUT2D eigenvalue weighted by molar-refractivity contribution is 0.442. The van der Waals surface area contributed by atoms with Crippen molar-refractivity contribution in [3.05, 3.63) is 40.5 Å². The monoisotopic (exact) mass is 180 g/mol. The van der Waals surface area contributed by atoms with Crippen LogP contribution in [0.15, 0.2) is 33.5 Å². The highest BCUT2D eigenvalue weighted by molar-refractivity contribution is 5.81. The van der Waals surface area contributed by atoms with Gasteiger partial charge in [-0.3, -0.25) is 0 Å². The molecule has 4 heteroatoms. The van der Waals surface area contributed by atoms with Crippen molar-refractivity contribution in [2.75, 3.05) is 0 Å². The van der Waals surface area contributed by atoms with Gasteiger partial charge in [0.15, 0.2) is 11.3 Å². The van der Waals surface area contributed by atoms with E-state index in [1.807, 2.05) is 0 Å². The van der Waals surface area contributed by atoms with Crippen LogP contribution in [0.2, 0.25) is 0 Å². The number of para-hydroxylation sites is 1. The third-order valence-corrected chi connectivity index (χ3v) is 1.70. The number of hydrogen-bond acceptors (Lipinski definition) is 3. The van der Waals surface area contributed by atoms with Gasteiger partial charge in [0.05, 0.1) is 0 Å². The largest absolute Gasteiger partial charge is 0.504 e. The van der Waals surface area contributed by atoms with Gasteiger partial charge in [0.2, 0.25) is 5.82 Å². The van der Waals surface area contributed by atoms with Crippen molar-refractivity contribution in [3.8, 4) is 5.75 Å². The maximum Gasteiger partial charge on any atom is 0.372 e. The highest BCUT2D eigenvalue weighted by Gasteiger charge is 2.06. The Kier molecular flexibility index (Phi) is 1.55. The predicted octanol–water partition coefficient (Wildman–Crippen LogP) is 1.64. The Hall–Kier alpha value is -1.84. The quantitative estimate of drug-likeness (QED) is 0.627. The first-order valence-electron chi connectivity index (χ1n) is 3.60. The molecule has 13 heavy (non-hydrogen) atoms. The number of rotatable bonds is 0. The van der Waals surface area contributed by atoms with Crippen LogP contribution in [-0.4, -0.2) is 5.11 Å². The molecule has 0 aliphatic rings. The summed E-state index contributed by atoms with van der Waals surface area (Å²) in [6.45, 7) is 0. The summed E-state index contributed by atoms with van der Waals surface area (Å²) in [5.41, 5.74) is -1.07. The Balaban J connectivity index is 2.97. The number of hydrogen-bond donors (Lipinski definition) is 1. The molecule has 0 saturated carbocycles. The molecule has 0 spiro atoms. The summed E-state index contributed by atoms with van der Waals surface area (Å²) in [6, 6.07) is 5.47. The molecule has 3 nitrogen and oxygen atoms in total. The Morgan fingerprint density at radius 1 is 1.38 bits per heavy atom. The Morgan fingerprint density at radius 3 is 2.92 bits per heavy atom. The zero-order chi connectivity index (χ0) is 9.42. The smallest absolute Gasteiger partial charge is 0.372 e. The van der Waals surface area contributed by atoms with E-state index in [4.69, 9.17) is 0 Å². The molecule has 0 amide bonds. The first kappa shape index (κ1) is 7.79. The minimum absolute atomic E-state index is 0.00824. The van der Waals surface area contributed by atoms with Crippen LogP contribution in [0.1, 0.15) is 0 Å². The van der Waals surface area contributed by atoms with Crippen molar-refractivity contribution in [1.82, 2.24) is 0 Å². The number of phenolic OH excluding ortho intramolecular Hbond substituents is 1. The lowest BCUT2D eigenvalue weighted by atomic mass is 10.2. The molecular weight excluding hydrogens is 175 g/mol. The van der Waals surface area contributed by atoms with Crippen molar-refractivity contribution < 1.29 is 13.9 Å². The van der Waals surface area contributed by atoms with Gasteiger partial charge >= 0.3 is 5.63 Å². The number of aromatic hydroxyl groups is 1. The predicted molar refractivity (Wildman–Crippen MR) is 44.1 cm³/mol. The van der Waals surface area contributed by atoms with Gasteiger partial charge < -0.3 is 9.52 Å². The molecule has 0 aliphatic carbocycles. The number of halogens is 1.